The molecule has 3 nitrogen and oxygen atoms in total. The summed E-state index contributed by atoms with van der Waals surface area (Å²) in [6, 6.07) is 1.77. The van der Waals surface area contributed by atoms with Crippen molar-refractivity contribution in [1.29, 1.82) is 0 Å². The second kappa shape index (κ2) is 14.9. The van der Waals surface area contributed by atoms with Crippen LogP contribution in [0.5, 0.6) is 0 Å². The number of carbonyl (C=O) groups excluding carboxylic acids is 1. The van der Waals surface area contributed by atoms with Crippen molar-refractivity contribution < 1.29 is 4.79 Å². The molecule has 2 heterocycles. The zero-order chi connectivity index (χ0) is 25.0. The molecule has 2 bridgehead atoms. The Bertz CT molecular complexity index is 552. The van der Waals surface area contributed by atoms with Crippen LogP contribution in [-0.2, 0) is 4.79 Å². The van der Waals surface area contributed by atoms with Crippen LogP contribution in [0.2, 0.25) is 0 Å². The molecule has 4 unspecified atom stereocenters. The maximum absolute atomic E-state index is 12.6. The van der Waals surface area contributed by atoms with E-state index in [0.29, 0.717) is 23.7 Å². The fourth-order valence-corrected chi connectivity index (χ4v) is 7.38. The summed E-state index contributed by atoms with van der Waals surface area (Å²) in [5.41, 5.74) is 0.367. The van der Waals surface area contributed by atoms with Crippen LogP contribution >= 0.6 is 0 Å². The zero-order valence-electron chi connectivity index (χ0n) is 24.0. The summed E-state index contributed by atoms with van der Waals surface area (Å²) in [4.78, 5) is 17.9. The van der Waals surface area contributed by atoms with E-state index in [0.717, 1.165) is 6.42 Å². The van der Waals surface area contributed by atoms with E-state index in [9.17, 15) is 4.79 Å². The normalized spacial score (nSPS) is 26.2. The fraction of sp³-hybridized carbons (Fsp3) is 0.968. The van der Waals surface area contributed by atoms with Crippen molar-refractivity contribution >= 4 is 6.41 Å². The van der Waals surface area contributed by atoms with E-state index >= 15 is 0 Å². The van der Waals surface area contributed by atoms with Crippen molar-refractivity contribution in [3.63, 3.8) is 0 Å². The van der Waals surface area contributed by atoms with Gasteiger partial charge in [-0.25, -0.2) is 0 Å². The second-order valence-electron chi connectivity index (χ2n) is 12.4. The van der Waals surface area contributed by atoms with Gasteiger partial charge in [0.25, 0.3) is 0 Å². The van der Waals surface area contributed by atoms with Crippen molar-refractivity contribution in [2.24, 2.45) is 0 Å². The number of hydrogen-bond acceptors (Lipinski definition) is 2. The Morgan fingerprint density at radius 2 is 1.24 bits per heavy atom. The highest BCUT2D eigenvalue weighted by molar-refractivity contribution is 5.50. The minimum absolute atomic E-state index is 0.0322. The van der Waals surface area contributed by atoms with Gasteiger partial charge < -0.3 is 4.90 Å². The first kappa shape index (κ1) is 29.7. The molecule has 0 radical (unpaired) electrons. The highest BCUT2D eigenvalue weighted by Gasteiger charge is 2.50. The number of fused-ring (bicyclic) bond motifs is 2. The van der Waals surface area contributed by atoms with Crippen molar-refractivity contribution in [1.82, 2.24) is 9.80 Å². The maximum Gasteiger partial charge on any atom is 0.210 e. The van der Waals surface area contributed by atoms with E-state index in [2.05, 4.69) is 51.3 Å². The van der Waals surface area contributed by atoms with E-state index in [4.69, 9.17) is 0 Å². The summed E-state index contributed by atoms with van der Waals surface area (Å²) >= 11 is 0. The molecule has 2 fully saturated rings. The van der Waals surface area contributed by atoms with Crippen LogP contribution < -0.4 is 0 Å². The topological polar surface area (TPSA) is 23.6 Å². The van der Waals surface area contributed by atoms with E-state index < -0.39 is 0 Å². The van der Waals surface area contributed by atoms with Gasteiger partial charge in [-0.05, 0) is 65.2 Å². The van der Waals surface area contributed by atoms with Gasteiger partial charge in [0.05, 0.1) is 0 Å². The number of unbranched alkanes of at least 4 members (excludes halogenated alkanes) is 8. The molecule has 0 aliphatic carbocycles. The van der Waals surface area contributed by atoms with Gasteiger partial charge in [0.2, 0.25) is 6.41 Å². The molecule has 2 aliphatic heterocycles. The van der Waals surface area contributed by atoms with E-state index in [-0.39, 0.29) is 5.54 Å². The number of amides is 1. The molecule has 0 spiro atoms. The lowest BCUT2D eigenvalue weighted by Gasteiger charge is -2.53. The van der Waals surface area contributed by atoms with Crippen molar-refractivity contribution in [2.45, 2.75) is 193 Å². The molecule has 34 heavy (non-hydrogen) atoms. The lowest BCUT2D eigenvalue weighted by Crippen LogP contribution is -2.61. The Morgan fingerprint density at radius 1 is 0.735 bits per heavy atom. The van der Waals surface area contributed by atoms with Gasteiger partial charge in [0, 0.05) is 29.2 Å². The molecule has 2 aliphatic rings. The predicted molar refractivity (Wildman–Crippen MR) is 148 cm³/mol. The molecule has 1 amide bonds. The molecule has 0 aromatic heterocycles. The number of carbonyl (C=O) groups is 1. The van der Waals surface area contributed by atoms with Crippen LogP contribution in [0, 0.1) is 0 Å². The Balaban J connectivity index is 2.09. The van der Waals surface area contributed by atoms with Gasteiger partial charge >= 0.3 is 0 Å². The van der Waals surface area contributed by atoms with Crippen LogP contribution in [0.3, 0.4) is 0 Å². The second-order valence-corrected chi connectivity index (χ2v) is 12.4. The third-order valence-corrected chi connectivity index (χ3v) is 9.68. The van der Waals surface area contributed by atoms with Gasteiger partial charge in [-0.2, -0.15) is 0 Å². The summed E-state index contributed by atoms with van der Waals surface area (Å²) in [5.74, 6) is 0. The molecule has 0 aromatic carbocycles. The molecule has 0 saturated carbocycles. The van der Waals surface area contributed by atoms with Crippen LogP contribution in [0.1, 0.15) is 164 Å². The van der Waals surface area contributed by atoms with E-state index in [1.165, 1.54) is 122 Å². The SMILES string of the molecule is CCCCCCCC(C)(CCCC)N(C=O)C1CC2CCC(C1)N2C(C)(CC)CCCCCC. The first-order valence-electron chi connectivity index (χ1n) is 15.4. The smallest absolute Gasteiger partial charge is 0.210 e. The monoisotopic (exact) mass is 476 g/mol. The summed E-state index contributed by atoms with van der Waals surface area (Å²) in [7, 11) is 0. The van der Waals surface area contributed by atoms with E-state index in [1.807, 2.05) is 0 Å². The molecular formula is C31H60N2O. The molecular weight excluding hydrogens is 416 g/mol. The summed E-state index contributed by atoms with van der Waals surface area (Å²) in [6.45, 7) is 14.2. The Hall–Kier alpha value is -0.570. The molecule has 2 saturated heterocycles. The lowest BCUT2D eigenvalue weighted by atomic mass is 9.81. The van der Waals surface area contributed by atoms with Gasteiger partial charge in [0.1, 0.15) is 0 Å². The molecule has 2 rings (SSSR count). The quantitative estimate of drug-likeness (QED) is 0.137. The largest absolute Gasteiger partial charge is 0.337 e. The van der Waals surface area contributed by atoms with Crippen LogP contribution in [-0.4, -0.2) is 45.4 Å². The van der Waals surface area contributed by atoms with Crippen LogP contribution in [0.4, 0.5) is 0 Å². The van der Waals surface area contributed by atoms with Gasteiger partial charge in [-0.1, -0.05) is 98.3 Å². The molecule has 4 atom stereocenters. The Morgan fingerprint density at radius 3 is 1.76 bits per heavy atom. The van der Waals surface area contributed by atoms with Crippen molar-refractivity contribution in [3.05, 3.63) is 0 Å². The zero-order valence-corrected chi connectivity index (χ0v) is 24.0. The Labute approximate surface area is 213 Å². The third kappa shape index (κ3) is 7.71. The van der Waals surface area contributed by atoms with Crippen LogP contribution in [0.15, 0.2) is 0 Å². The number of piperidine rings is 1. The number of rotatable bonds is 19. The fourth-order valence-electron chi connectivity index (χ4n) is 7.38. The average Bonchev–Trinajstić information content (AvgIpc) is 3.12. The number of hydrogen-bond donors (Lipinski definition) is 0. The van der Waals surface area contributed by atoms with Gasteiger partial charge in [-0.3, -0.25) is 9.69 Å². The average molecular weight is 477 g/mol. The predicted octanol–water partition coefficient (Wildman–Crippen LogP) is 8.89. The third-order valence-electron chi connectivity index (χ3n) is 9.68. The number of nitrogens with zero attached hydrogens (tertiary/aromatic N) is 2. The molecule has 200 valence electrons. The lowest BCUT2D eigenvalue weighted by molar-refractivity contribution is -0.131. The Kier molecular flexibility index (Phi) is 13.0. The first-order valence-corrected chi connectivity index (χ1v) is 15.4. The minimum atomic E-state index is 0.0322. The minimum Gasteiger partial charge on any atom is -0.337 e. The van der Waals surface area contributed by atoms with Crippen LogP contribution in [0.25, 0.3) is 0 Å². The van der Waals surface area contributed by atoms with E-state index in [1.54, 1.807) is 0 Å². The van der Waals surface area contributed by atoms with Gasteiger partial charge in [-0.15, -0.1) is 0 Å². The highest BCUT2D eigenvalue weighted by Crippen LogP contribution is 2.46. The maximum atomic E-state index is 12.6. The van der Waals surface area contributed by atoms with Crippen molar-refractivity contribution in [2.75, 3.05) is 0 Å². The highest BCUT2D eigenvalue weighted by atomic mass is 16.1. The van der Waals surface area contributed by atoms with Gasteiger partial charge in [0.15, 0.2) is 0 Å². The molecule has 3 heteroatoms. The summed E-state index contributed by atoms with van der Waals surface area (Å²) in [6.07, 6.45) is 25.7. The molecule has 0 N–H and O–H groups in total. The summed E-state index contributed by atoms with van der Waals surface area (Å²) in [5, 5.41) is 0. The van der Waals surface area contributed by atoms with Crippen molar-refractivity contribution in [3.8, 4) is 0 Å². The summed E-state index contributed by atoms with van der Waals surface area (Å²) < 4.78 is 0. The first-order chi connectivity index (χ1) is 16.4. The standard InChI is InChI=1S/C31H60N2O/c1-7-11-14-16-18-23-31(6,21-13-9-3)32(26-34)29-24-27-19-20-28(25-29)33(27)30(5,10-4)22-17-15-12-8-2/h26-29H,7-25H2,1-6H3. The molecule has 0 aromatic rings.